The van der Waals surface area contributed by atoms with E-state index in [0.29, 0.717) is 6.04 Å². The van der Waals surface area contributed by atoms with Gasteiger partial charge in [0, 0.05) is 24.2 Å². The molecule has 3 rings (SSSR count). The van der Waals surface area contributed by atoms with Gasteiger partial charge in [-0.25, -0.2) is 0 Å². The average molecular weight is 276 g/mol. The second-order valence-electron chi connectivity index (χ2n) is 5.61. The van der Waals surface area contributed by atoms with Crippen LogP contribution in [0.1, 0.15) is 19.4 Å². The lowest BCUT2D eigenvalue weighted by molar-refractivity contribution is 0.589. The molecule has 1 aromatic heterocycles. The van der Waals surface area contributed by atoms with E-state index in [2.05, 4.69) is 72.7 Å². The van der Waals surface area contributed by atoms with E-state index in [-0.39, 0.29) is 0 Å². The van der Waals surface area contributed by atoms with E-state index in [4.69, 9.17) is 0 Å². The van der Waals surface area contributed by atoms with Gasteiger partial charge in [0.2, 0.25) is 0 Å². The van der Waals surface area contributed by atoms with Crippen LogP contribution in [0.25, 0.3) is 22.0 Å². The Bertz CT molecular complexity index is 725. The molecule has 3 aromatic rings. The minimum absolute atomic E-state index is 0.508. The van der Waals surface area contributed by atoms with E-state index in [1.807, 2.05) is 12.3 Å². The zero-order valence-electron chi connectivity index (χ0n) is 12.5. The molecule has 0 spiro atoms. The Labute approximate surface area is 125 Å². The summed E-state index contributed by atoms with van der Waals surface area (Å²) in [5.74, 6) is 0. The Balaban J connectivity index is 1.92. The molecule has 1 N–H and O–H groups in total. The van der Waals surface area contributed by atoms with E-state index in [1.165, 1.54) is 22.1 Å². The molecule has 0 unspecified atom stereocenters. The monoisotopic (exact) mass is 276 g/mol. The standard InChI is InChI=1S/C19H20N2/c1-14(2)21-13-15-8-10-16(11-9-15)17-5-3-7-19-18(17)6-4-12-20-19/h3-12,14,21H,13H2,1-2H3. The molecule has 0 fully saturated rings. The number of fused-ring (bicyclic) bond motifs is 1. The zero-order chi connectivity index (χ0) is 14.7. The van der Waals surface area contributed by atoms with Crippen molar-refractivity contribution in [2.24, 2.45) is 0 Å². The highest BCUT2D eigenvalue weighted by Crippen LogP contribution is 2.27. The first-order chi connectivity index (χ1) is 10.2. The molecule has 0 aliphatic rings. The summed E-state index contributed by atoms with van der Waals surface area (Å²) in [7, 11) is 0. The van der Waals surface area contributed by atoms with Crippen LogP contribution in [0, 0.1) is 0 Å². The van der Waals surface area contributed by atoms with Crippen LogP contribution in [0.15, 0.2) is 60.8 Å². The van der Waals surface area contributed by atoms with Gasteiger partial charge in [-0.15, -0.1) is 0 Å². The van der Waals surface area contributed by atoms with Crippen molar-refractivity contribution < 1.29 is 0 Å². The van der Waals surface area contributed by atoms with Crippen molar-refractivity contribution in [1.29, 1.82) is 0 Å². The fraction of sp³-hybridized carbons (Fsp3) is 0.211. The highest BCUT2D eigenvalue weighted by atomic mass is 14.9. The summed E-state index contributed by atoms with van der Waals surface area (Å²) < 4.78 is 0. The number of nitrogens with one attached hydrogen (secondary N) is 1. The van der Waals surface area contributed by atoms with Gasteiger partial charge >= 0.3 is 0 Å². The molecule has 0 amide bonds. The van der Waals surface area contributed by atoms with Crippen LogP contribution in [0.4, 0.5) is 0 Å². The smallest absolute Gasteiger partial charge is 0.0708 e. The minimum Gasteiger partial charge on any atom is -0.310 e. The van der Waals surface area contributed by atoms with Gasteiger partial charge in [-0.05, 0) is 28.8 Å². The summed E-state index contributed by atoms with van der Waals surface area (Å²) in [5.41, 5.74) is 4.83. The number of hydrogen-bond acceptors (Lipinski definition) is 2. The Kier molecular flexibility index (Phi) is 3.98. The number of pyridine rings is 1. The molecular formula is C19H20N2. The lowest BCUT2D eigenvalue weighted by Gasteiger charge is -2.10. The normalized spacial score (nSPS) is 11.2. The second-order valence-corrected chi connectivity index (χ2v) is 5.61. The molecule has 0 radical (unpaired) electrons. The molecule has 0 aliphatic carbocycles. The van der Waals surface area contributed by atoms with Crippen molar-refractivity contribution in [3.63, 3.8) is 0 Å². The molecule has 2 nitrogen and oxygen atoms in total. The van der Waals surface area contributed by atoms with Crippen LogP contribution in [-0.2, 0) is 6.54 Å². The summed E-state index contributed by atoms with van der Waals surface area (Å²) in [6, 6.07) is 19.7. The Morgan fingerprint density at radius 3 is 2.52 bits per heavy atom. The highest BCUT2D eigenvalue weighted by molar-refractivity contribution is 5.94. The van der Waals surface area contributed by atoms with Crippen LogP contribution in [0.5, 0.6) is 0 Å². The second kappa shape index (κ2) is 6.06. The van der Waals surface area contributed by atoms with Crippen LogP contribution < -0.4 is 5.32 Å². The number of rotatable bonds is 4. The maximum atomic E-state index is 4.42. The molecule has 1 heterocycles. The zero-order valence-corrected chi connectivity index (χ0v) is 12.5. The van der Waals surface area contributed by atoms with Gasteiger partial charge in [0.1, 0.15) is 0 Å². The molecule has 2 heteroatoms. The maximum Gasteiger partial charge on any atom is 0.0708 e. The molecule has 21 heavy (non-hydrogen) atoms. The van der Waals surface area contributed by atoms with Gasteiger partial charge in [0.05, 0.1) is 5.52 Å². The van der Waals surface area contributed by atoms with Gasteiger partial charge in [-0.1, -0.05) is 56.3 Å². The summed E-state index contributed by atoms with van der Waals surface area (Å²) in [6.07, 6.45) is 1.84. The van der Waals surface area contributed by atoms with Gasteiger partial charge in [0.15, 0.2) is 0 Å². The van der Waals surface area contributed by atoms with Crippen LogP contribution >= 0.6 is 0 Å². The van der Waals surface area contributed by atoms with E-state index in [1.54, 1.807) is 0 Å². The van der Waals surface area contributed by atoms with Crippen molar-refractivity contribution in [3.05, 3.63) is 66.4 Å². The van der Waals surface area contributed by atoms with E-state index in [9.17, 15) is 0 Å². The van der Waals surface area contributed by atoms with Gasteiger partial charge in [-0.3, -0.25) is 4.98 Å². The van der Waals surface area contributed by atoms with E-state index in [0.717, 1.165) is 12.1 Å². The highest BCUT2D eigenvalue weighted by Gasteiger charge is 2.04. The Morgan fingerprint density at radius 2 is 1.76 bits per heavy atom. The predicted molar refractivity (Wildman–Crippen MR) is 89.2 cm³/mol. The van der Waals surface area contributed by atoms with Gasteiger partial charge in [0.25, 0.3) is 0 Å². The maximum absolute atomic E-state index is 4.42. The van der Waals surface area contributed by atoms with E-state index >= 15 is 0 Å². The van der Waals surface area contributed by atoms with Crippen molar-refractivity contribution in [2.75, 3.05) is 0 Å². The number of benzene rings is 2. The number of hydrogen-bond donors (Lipinski definition) is 1. The Morgan fingerprint density at radius 1 is 0.952 bits per heavy atom. The molecule has 106 valence electrons. The lowest BCUT2D eigenvalue weighted by atomic mass is 9.99. The topological polar surface area (TPSA) is 24.9 Å². The molecule has 0 bridgehead atoms. The third-order valence-electron chi connectivity index (χ3n) is 3.63. The van der Waals surface area contributed by atoms with Crippen LogP contribution in [0.3, 0.4) is 0 Å². The first-order valence-corrected chi connectivity index (χ1v) is 7.40. The molecule has 2 aromatic carbocycles. The Hall–Kier alpha value is -2.19. The lowest BCUT2D eigenvalue weighted by Crippen LogP contribution is -2.21. The fourth-order valence-corrected chi connectivity index (χ4v) is 2.48. The first kappa shape index (κ1) is 13.8. The number of nitrogens with zero attached hydrogens (tertiary/aromatic N) is 1. The number of aromatic nitrogens is 1. The molecule has 0 aliphatic heterocycles. The quantitative estimate of drug-likeness (QED) is 0.764. The average Bonchev–Trinajstić information content (AvgIpc) is 2.53. The molecule has 0 saturated carbocycles. The predicted octanol–water partition coefficient (Wildman–Crippen LogP) is 4.40. The van der Waals surface area contributed by atoms with Gasteiger partial charge < -0.3 is 5.32 Å². The van der Waals surface area contributed by atoms with Gasteiger partial charge in [-0.2, -0.15) is 0 Å². The summed E-state index contributed by atoms with van der Waals surface area (Å²) in [6.45, 7) is 5.24. The van der Waals surface area contributed by atoms with Crippen molar-refractivity contribution in [2.45, 2.75) is 26.4 Å². The van der Waals surface area contributed by atoms with Crippen molar-refractivity contribution in [1.82, 2.24) is 10.3 Å². The molecular weight excluding hydrogens is 256 g/mol. The third-order valence-corrected chi connectivity index (χ3v) is 3.63. The van der Waals surface area contributed by atoms with Crippen molar-refractivity contribution in [3.8, 4) is 11.1 Å². The first-order valence-electron chi connectivity index (χ1n) is 7.40. The summed E-state index contributed by atoms with van der Waals surface area (Å²) in [5, 5.41) is 4.64. The SMILES string of the molecule is CC(C)NCc1ccc(-c2cccc3ncccc23)cc1. The third kappa shape index (κ3) is 3.11. The minimum atomic E-state index is 0.508. The largest absolute Gasteiger partial charge is 0.310 e. The summed E-state index contributed by atoms with van der Waals surface area (Å²) >= 11 is 0. The fourth-order valence-electron chi connectivity index (χ4n) is 2.48. The van der Waals surface area contributed by atoms with E-state index < -0.39 is 0 Å². The molecule has 0 atom stereocenters. The van der Waals surface area contributed by atoms with Crippen LogP contribution in [0.2, 0.25) is 0 Å². The molecule has 0 saturated heterocycles. The van der Waals surface area contributed by atoms with Crippen molar-refractivity contribution >= 4 is 10.9 Å². The van der Waals surface area contributed by atoms with Crippen LogP contribution in [-0.4, -0.2) is 11.0 Å². The summed E-state index contributed by atoms with van der Waals surface area (Å²) in [4.78, 5) is 4.42.